The minimum Gasteiger partial charge on any atom is -0.0622 e. The molecule has 0 aliphatic heterocycles. The molecular formula is C115H106. The van der Waals surface area contributed by atoms with Gasteiger partial charge in [0, 0.05) is 5.41 Å². The first-order chi connectivity index (χ1) is 55.9. The summed E-state index contributed by atoms with van der Waals surface area (Å²) in [7, 11) is 0. The lowest BCUT2D eigenvalue weighted by Crippen LogP contribution is -2.14. The molecule has 0 aromatic heterocycles. The van der Waals surface area contributed by atoms with Crippen LogP contribution in [0.3, 0.4) is 0 Å². The monoisotopic (exact) mass is 1490 g/mol. The molecule has 20 aromatic rings. The molecule has 0 saturated heterocycles. The van der Waals surface area contributed by atoms with Crippen molar-refractivity contribution in [3.63, 3.8) is 0 Å². The molecule has 0 unspecified atom stereocenters. The Balaban J connectivity index is 0.000000119. The summed E-state index contributed by atoms with van der Waals surface area (Å²) in [5, 5.41) is 24.0. The normalized spacial score (nSPS) is 11.0. The molecule has 0 heteroatoms. The molecule has 1 aliphatic carbocycles. The molecule has 0 atom stereocenters. The lowest BCUT2D eigenvalue weighted by Gasteiger charge is -2.21. The van der Waals surface area contributed by atoms with E-state index in [4.69, 9.17) is 0 Å². The lowest BCUT2D eigenvalue weighted by molar-refractivity contribution is 0.660. The van der Waals surface area contributed by atoms with E-state index in [0.717, 1.165) is 0 Å². The summed E-state index contributed by atoms with van der Waals surface area (Å²) in [6.07, 6.45) is 0. The van der Waals surface area contributed by atoms with Gasteiger partial charge < -0.3 is 0 Å². The van der Waals surface area contributed by atoms with Gasteiger partial charge >= 0.3 is 0 Å². The first kappa shape index (κ1) is 81.2. The predicted octanol–water partition coefficient (Wildman–Crippen LogP) is 32.6. The Morgan fingerprint density at radius 1 is 0.148 bits per heavy atom. The van der Waals surface area contributed by atoms with Crippen molar-refractivity contribution in [3.05, 3.63) is 491 Å². The largest absolute Gasteiger partial charge is 0.0622 e. The van der Waals surface area contributed by atoms with Crippen LogP contribution in [-0.4, -0.2) is 0 Å². The Labute approximate surface area is 683 Å². The van der Waals surface area contributed by atoms with Crippen LogP contribution >= 0.6 is 0 Å². The number of fused-ring (bicyclic) bond motifs is 13. The van der Waals surface area contributed by atoms with Crippen LogP contribution in [0.25, 0.3) is 108 Å². The molecule has 0 spiro atoms. The van der Waals surface area contributed by atoms with E-state index < -0.39 is 0 Å². The van der Waals surface area contributed by atoms with Gasteiger partial charge in [0.05, 0.1) is 0 Å². The third-order valence-electron chi connectivity index (χ3n) is 21.3. The fourth-order valence-corrected chi connectivity index (χ4v) is 14.9. The second kappa shape index (κ2) is 39.8. The van der Waals surface area contributed by atoms with Crippen LogP contribution in [0.1, 0.15) is 80.6 Å². The van der Waals surface area contributed by atoms with Crippen LogP contribution in [-0.2, 0) is 5.41 Å². The minimum atomic E-state index is 0.151. The zero-order chi connectivity index (χ0) is 80.5. The van der Waals surface area contributed by atoms with Crippen LogP contribution < -0.4 is 0 Å². The van der Waals surface area contributed by atoms with E-state index in [2.05, 4.69) is 453 Å². The van der Waals surface area contributed by atoms with Crippen molar-refractivity contribution in [3.8, 4) is 11.1 Å². The molecule has 566 valence electrons. The summed E-state index contributed by atoms with van der Waals surface area (Å²) in [5.41, 5.74) is 19.2. The summed E-state index contributed by atoms with van der Waals surface area (Å²) in [6.45, 7) is 25.9. The van der Waals surface area contributed by atoms with Crippen molar-refractivity contribution in [2.45, 2.75) is 88.5 Å². The third-order valence-corrected chi connectivity index (χ3v) is 21.3. The van der Waals surface area contributed by atoms with Gasteiger partial charge in [0.1, 0.15) is 0 Å². The van der Waals surface area contributed by atoms with Gasteiger partial charge in [0.25, 0.3) is 0 Å². The van der Waals surface area contributed by atoms with Crippen molar-refractivity contribution < 1.29 is 0 Å². The summed E-state index contributed by atoms with van der Waals surface area (Å²) in [6, 6.07) is 149. The lowest BCUT2D eigenvalue weighted by atomic mass is 9.82. The van der Waals surface area contributed by atoms with Crippen LogP contribution in [0.4, 0.5) is 0 Å². The number of hydrogen-bond donors (Lipinski definition) is 0. The molecule has 115 heavy (non-hydrogen) atoms. The summed E-state index contributed by atoms with van der Waals surface area (Å²) in [4.78, 5) is 0. The summed E-state index contributed by atoms with van der Waals surface area (Å²) in [5.74, 6) is 0. The number of hydrogen-bond acceptors (Lipinski definition) is 0. The molecular weight excluding hydrogens is 1380 g/mol. The van der Waals surface area contributed by atoms with Crippen molar-refractivity contribution in [2.24, 2.45) is 0 Å². The Morgan fingerprint density at radius 3 is 0.904 bits per heavy atom. The van der Waals surface area contributed by atoms with Crippen LogP contribution in [0, 0.1) is 69.2 Å². The Kier molecular flexibility index (Phi) is 28.1. The maximum Gasteiger partial charge on any atom is 0.0158 e. The van der Waals surface area contributed by atoms with Crippen molar-refractivity contribution >= 4 is 97.0 Å². The summed E-state index contributed by atoms with van der Waals surface area (Å²) >= 11 is 0. The van der Waals surface area contributed by atoms with E-state index in [-0.39, 0.29) is 5.41 Å². The zero-order valence-electron chi connectivity index (χ0n) is 68.9. The SMILES string of the molecule is Cc1c2ccccc2cc2ccccc12.Cc1ccc2c(c1)C(C)(C)c1ccccc1-2.Cc1ccc2c(ccc3ccccc32)c1.Cc1ccc2cc3ccccc3cc2c1.Cc1ccc2ccccc2c1.Cc1cccc2ccccc12.Cc1cccc2ccccc12.Cc1ccccc1.Cc1ccccc1.Cc1ccccc1. The highest BCUT2D eigenvalue weighted by Crippen LogP contribution is 2.48. The molecule has 21 rings (SSSR count). The van der Waals surface area contributed by atoms with Crippen LogP contribution in [0.15, 0.2) is 425 Å². The molecule has 0 radical (unpaired) electrons. The Hall–Kier alpha value is -13.3. The second-order valence-corrected chi connectivity index (χ2v) is 30.6. The van der Waals surface area contributed by atoms with Gasteiger partial charge in [0.2, 0.25) is 0 Å². The summed E-state index contributed by atoms with van der Waals surface area (Å²) < 4.78 is 0. The molecule has 0 fully saturated rings. The smallest absolute Gasteiger partial charge is 0.0158 e. The third kappa shape index (κ3) is 21.9. The molecule has 1 aliphatic rings. The molecule has 0 nitrogen and oxygen atoms in total. The highest BCUT2D eigenvalue weighted by Gasteiger charge is 2.34. The quantitative estimate of drug-likeness (QED) is 0.105. The zero-order valence-corrected chi connectivity index (χ0v) is 68.9. The van der Waals surface area contributed by atoms with Crippen LogP contribution in [0.5, 0.6) is 0 Å². The van der Waals surface area contributed by atoms with Gasteiger partial charge in [-0.15, -0.1) is 0 Å². The van der Waals surface area contributed by atoms with E-state index in [1.807, 2.05) is 54.6 Å². The predicted molar refractivity (Wildman–Crippen MR) is 507 cm³/mol. The molecule has 0 bridgehead atoms. The average molecular weight is 1490 g/mol. The molecule has 0 amide bonds. The van der Waals surface area contributed by atoms with Crippen molar-refractivity contribution in [1.82, 2.24) is 0 Å². The van der Waals surface area contributed by atoms with Gasteiger partial charge in [-0.25, -0.2) is 0 Å². The minimum absolute atomic E-state index is 0.151. The van der Waals surface area contributed by atoms with E-state index in [9.17, 15) is 0 Å². The van der Waals surface area contributed by atoms with Gasteiger partial charge in [0.15, 0.2) is 0 Å². The van der Waals surface area contributed by atoms with Gasteiger partial charge in [-0.2, -0.15) is 0 Å². The average Bonchev–Trinajstić information content (AvgIpc) is 1.55. The van der Waals surface area contributed by atoms with Gasteiger partial charge in [-0.1, -0.05) is 459 Å². The standard InChI is InChI=1S/C16H16.3C15H12.3C11H10.3C7H8/c1-11-8-9-13-12-6-4-5-7-14(12)16(2,3)15(13)10-11;1-11-14-8-4-2-6-12(14)10-13-7-3-5-9-15(11)13;1-11-6-9-15-13(10-11)8-7-12-4-2-3-5-14(12)15;1-11-6-7-14-9-12-4-2-3-5-13(12)10-15(14)8-11;2*1-9-5-4-7-10-6-2-3-8-11(9)10;1-9-6-7-10-4-2-3-5-11(10)8-9;3*1-7-5-3-2-4-6-7/h4-10H,1-3H3;3*2-10H,1H3;3*2-8H,1H3;3*2-6H,1H3. The van der Waals surface area contributed by atoms with Gasteiger partial charge in [-0.05, 0) is 223 Å². The molecule has 0 saturated carbocycles. The molecule has 0 heterocycles. The van der Waals surface area contributed by atoms with E-state index in [0.29, 0.717) is 0 Å². The number of rotatable bonds is 0. The fraction of sp³-hybridized carbons (Fsp3) is 0.113. The van der Waals surface area contributed by atoms with Crippen LogP contribution in [0.2, 0.25) is 0 Å². The number of benzene rings is 20. The van der Waals surface area contributed by atoms with E-state index in [1.54, 1.807) is 0 Å². The topological polar surface area (TPSA) is 0 Å². The molecule has 0 N–H and O–H groups in total. The van der Waals surface area contributed by atoms with Gasteiger partial charge in [-0.3, -0.25) is 0 Å². The maximum absolute atomic E-state index is 2.33. The first-order valence-electron chi connectivity index (χ1n) is 40.2. The highest BCUT2D eigenvalue weighted by molar-refractivity contribution is 6.08. The fourth-order valence-electron chi connectivity index (χ4n) is 14.9. The number of aryl methyl sites for hydroxylation is 10. The van der Waals surface area contributed by atoms with E-state index in [1.165, 1.54) is 175 Å². The Bertz CT molecular complexity index is 6290. The first-order valence-corrected chi connectivity index (χ1v) is 40.2. The highest BCUT2D eigenvalue weighted by atomic mass is 14.4. The second-order valence-electron chi connectivity index (χ2n) is 30.6. The Morgan fingerprint density at radius 2 is 0.426 bits per heavy atom. The molecule has 20 aromatic carbocycles. The van der Waals surface area contributed by atoms with E-state index >= 15 is 0 Å². The maximum atomic E-state index is 2.33. The van der Waals surface area contributed by atoms with Crippen molar-refractivity contribution in [1.29, 1.82) is 0 Å². The van der Waals surface area contributed by atoms with Crippen molar-refractivity contribution in [2.75, 3.05) is 0 Å².